The Morgan fingerprint density at radius 3 is 2.43 bits per heavy atom. The van der Waals surface area contributed by atoms with Crippen LogP contribution in [0.25, 0.3) is 0 Å². The van der Waals surface area contributed by atoms with Crippen molar-refractivity contribution in [3.8, 4) is 11.5 Å². The van der Waals surface area contributed by atoms with Gasteiger partial charge in [-0.25, -0.2) is 4.79 Å². The molecule has 0 spiro atoms. The fraction of sp³-hybridized carbons (Fsp3) is 0.381. The van der Waals surface area contributed by atoms with Crippen LogP contribution >= 0.6 is 11.8 Å². The minimum atomic E-state index is -4.40. The SMILES string of the molecule is CCOC(=O)COc1ccc(SCC(O)COc2ccc(C(F)(F)F)cc2)cc1C. The minimum Gasteiger partial charge on any atom is -0.491 e. The largest absolute Gasteiger partial charge is 0.491 e. The third kappa shape index (κ3) is 7.79. The molecule has 9 heteroatoms. The quantitative estimate of drug-likeness (QED) is 0.430. The zero-order valence-electron chi connectivity index (χ0n) is 16.6. The fourth-order valence-corrected chi connectivity index (χ4v) is 3.29. The van der Waals surface area contributed by atoms with E-state index < -0.39 is 23.8 Å². The number of aliphatic hydroxyl groups is 1. The van der Waals surface area contributed by atoms with Crippen molar-refractivity contribution in [2.75, 3.05) is 25.6 Å². The van der Waals surface area contributed by atoms with Gasteiger partial charge in [0.05, 0.1) is 18.3 Å². The van der Waals surface area contributed by atoms with Gasteiger partial charge in [-0.3, -0.25) is 0 Å². The highest BCUT2D eigenvalue weighted by molar-refractivity contribution is 7.99. The van der Waals surface area contributed by atoms with E-state index in [9.17, 15) is 23.1 Å². The maximum atomic E-state index is 12.5. The summed E-state index contributed by atoms with van der Waals surface area (Å²) in [6.45, 7) is 3.65. The highest BCUT2D eigenvalue weighted by Gasteiger charge is 2.30. The lowest BCUT2D eigenvalue weighted by atomic mass is 10.2. The van der Waals surface area contributed by atoms with Crippen LogP contribution in [0.5, 0.6) is 11.5 Å². The molecule has 0 bridgehead atoms. The molecule has 1 atom stereocenters. The van der Waals surface area contributed by atoms with E-state index in [1.54, 1.807) is 13.0 Å². The Hall–Kier alpha value is -2.39. The Labute approximate surface area is 177 Å². The van der Waals surface area contributed by atoms with Crippen LogP contribution < -0.4 is 9.47 Å². The van der Waals surface area contributed by atoms with E-state index in [0.717, 1.165) is 22.6 Å². The Kier molecular flexibility index (Phi) is 8.86. The average Bonchev–Trinajstić information content (AvgIpc) is 2.70. The first-order valence-corrected chi connectivity index (χ1v) is 10.2. The zero-order chi connectivity index (χ0) is 22.1. The first-order valence-electron chi connectivity index (χ1n) is 9.19. The Bertz CT molecular complexity index is 824. The topological polar surface area (TPSA) is 65.0 Å². The van der Waals surface area contributed by atoms with Crippen LogP contribution in [0.4, 0.5) is 13.2 Å². The lowest BCUT2D eigenvalue weighted by Crippen LogP contribution is -2.20. The van der Waals surface area contributed by atoms with Crippen LogP contribution in [-0.2, 0) is 15.7 Å². The highest BCUT2D eigenvalue weighted by atomic mass is 32.2. The van der Waals surface area contributed by atoms with Gasteiger partial charge in [-0.05, 0) is 61.9 Å². The molecule has 1 N–H and O–H groups in total. The second-order valence-corrected chi connectivity index (χ2v) is 7.41. The number of alkyl halides is 3. The summed E-state index contributed by atoms with van der Waals surface area (Å²) in [7, 11) is 0. The summed E-state index contributed by atoms with van der Waals surface area (Å²) >= 11 is 1.40. The number of hydrogen-bond donors (Lipinski definition) is 1. The molecule has 0 aliphatic carbocycles. The number of aryl methyl sites for hydroxylation is 1. The molecule has 0 saturated heterocycles. The number of aliphatic hydroxyl groups excluding tert-OH is 1. The van der Waals surface area contributed by atoms with E-state index in [1.807, 2.05) is 19.1 Å². The van der Waals surface area contributed by atoms with Crippen molar-refractivity contribution in [1.29, 1.82) is 0 Å². The normalized spacial score (nSPS) is 12.3. The molecule has 1 unspecified atom stereocenters. The third-order valence-corrected chi connectivity index (χ3v) is 5.00. The molecular formula is C21H23F3O5S. The molecule has 0 saturated carbocycles. The van der Waals surface area contributed by atoms with Crippen molar-refractivity contribution in [3.05, 3.63) is 53.6 Å². The molecule has 2 rings (SSSR count). The molecule has 5 nitrogen and oxygen atoms in total. The summed E-state index contributed by atoms with van der Waals surface area (Å²) in [6, 6.07) is 9.73. The molecule has 2 aromatic carbocycles. The highest BCUT2D eigenvalue weighted by Crippen LogP contribution is 2.30. The van der Waals surface area contributed by atoms with E-state index in [-0.39, 0.29) is 19.0 Å². The van der Waals surface area contributed by atoms with Crippen LogP contribution in [0, 0.1) is 6.92 Å². The molecule has 0 amide bonds. The fourth-order valence-electron chi connectivity index (χ4n) is 2.39. The summed E-state index contributed by atoms with van der Waals surface area (Å²) in [5.74, 6) is 0.722. The lowest BCUT2D eigenvalue weighted by Gasteiger charge is -2.14. The van der Waals surface area contributed by atoms with Crippen molar-refractivity contribution in [3.63, 3.8) is 0 Å². The Balaban J connectivity index is 1.78. The summed E-state index contributed by atoms with van der Waals surface area (Å²) in [6.07, 6.45) is -5.20. The molecule has 0 aliphatic rings. The van der Waals surface area contributed by atoms with Gasteiger partial charge in [0.25, 0.3) is 0 Å². The Morgan fingerprint density at radius 1 is 1.13 bits per heavy atom. The Morgan fingerprint density at radius 2 is 1.83 bits per heavy atom. The third-order valence-electron chi connectivity index (χ3n) is 3.86. The van der Waals surface area contributed by atoms with Gasteiger partial charge in [-0.1, -0.05) is 0 Å². The molecular weight excluding hydrogens is 421 g/mol. The molecule has 0 fully saturated rings. The number of carbonyl (C=O) groups is 1. The van der Waals surface area contributed by atoms with Crippen molar-refractivity contribution in [2.24, 2.45) is 0 Å². The predicted octanol–water partition coefficient (Wildman–Crippen LogP) is 4.49. The van der Waals surface area contributed by atoms with E-state index >= 15 is 0 Å². The molecule has 30 heavy (non-hydrogen) atoms. The van der Waals surface area contributed by atoms with Gasteiger partial charge in [-0.2, -0.15) is 13.2 Å². The number of hydrogen-bond acceptors (Lipinski definition) is 6. The summed E-state index contributed by atoms with van der Waals surface area (Å²) in [4.78, 5) is 12.2. The van der Waals surface area contributed by atoms with Gasteiger partial charge in [0.2, 0.25) is 0 Å². The molecule has 0 aliphatic heterocycles. The second kappa shape index (κ2) is 11.1. The average molecular weight is 444 g/mol. The lowest BCUT2D eigenvalue weighted by molar-refractivity contribution is -0.145. The van der Waals surface area contributed by atoms with Crippen molar-refractivity contribution in [2.45, 2.75) is 31.0 Å². The van der Waals surface area contributed by atoms with Crippen LogP contribution in [0.15, 0.2) is 47.4 Å². The monoisotopic (exact) mass is 444 g/mol. The van der Waals surface area contributed by atoms with Gasteiger partial charge in [0.1, 0.15) is 18.1 Å². The molecule has 0 heterocycles. The van der Waals surface area contributed by atoms with Gasteiger partial charge in [0.15, 0.2) is 6.61 Å². The maximum Gasteiger partial charge on any atom is 0.416 e. The standard InChI is InChI=1S/C21H23F3O5S/c1-3-27-20(26)12-29-19-9-8-18(10-14(19)2)30-13-16(25)11-28-17-6-4-15(5-7-17)21(22,23)24/h4-10,16,25H,3,11-13H2,1-2H3. The summed E-state index contributed by atoms with van der Waals surface area (Å²) in [5.41, 5.74) is 0.0794. The zero-order valence-corrected chi connectivity index (χ0v) is 17.4. The van der Waals surface area contributed by atoms with Gasteiger partial charge in [-0.15, -0.1) is 11.8 Å². The summed E-state index contributed by atoms with van der Waals surface area (Å²) < 4.78 is 53.2. The maximum absolute atomic E-state index is 12.5. The van der Waals surface area contributed by atoms with E-state index in [0.29, 0.717) is 18.1 Å². The van der Waals surface area contributed by atoms with Crippen molar-refractivity contribution in [1.82, 2.24) is 0 Å². The number of carbonyl (C=O) groups excluding carboxylic acids is 1. The first kappa shape index (κ1) is 23.9. The van der Waals surface area contributed by atoms with Crippen molar-refractivity contribution < 1.29 is 37.3 Å². The number of rotatable bonds is 10. The number of ether oxygens (including phenoxy) is 3. The van der Waals surface area contributed by atoms with E-state index in [1.165, 1.54) is 23.9 Å². The molecule has 2 aromatic rings. The predicted molar refractivity (Wildman–Crippen MR) is 107 cm³/mol. The number of halogens is 3. The second-order valence-electron chi connectivity index (χ2n) is 6.32. The van der Waals surface area contributed by atoms with E-state index in [4.69, 9.17) is 14.2 Å². The smallest absolute Gasteiger partial charge is 0.416 e. The van der Waals surface area contributed by atoms with Gasteiger partial charge in [0, 0.05) is 10.6 Å². The molecule has 0 aromatic heterocycles. The number of esters is 1. The van der Waals surface area contributed by atoms with Gasteiger partial charge < -0.3 is 19.3 Å². The number of thioether (sulfide) groups is 1. The molecule has 0 radical (unpaired) electrons. The van der Waals surface area contributed by atoms with Crippen LogP contribution in [0.3, 0.4) is 0 Å². The first-order chi connectivity index (χ1) is 14.2. The van der Waals surface area contributed by atoms with Crippen LogP contribution in [0.2, 0.25) is 0 Å². The molecule has 164 valence electrons. The van der Waals surface area contributed by atoms with E-state index in [2.05, 4.69) is 0 Å². The van der Waals surface area contributed by atoms with Crippen LogP contribution in [-0.4, -0.2) is 42.8 Å². The van der Waals surface area contributed by atoms with Crippen LogP contribution in [0.1, 0.15) is 18.1 Å². The van der Waals surface area contributed by atoms with Gasteiger partial charge >= 0.3 is 12.1 Å². The number of benzene rings is 2. The minimum absolute atomic E-state index is 0.0436. The summed E-state index contributed by atoms with van der Waals surface area (Å²) in [5, 5.41) is 10.1. The van der Waals surface area contributed by atoms with Crippen molar-refractivity contribution >= 4 is 17.7 Å².